The van der Waals surface area contributed by atoms with Gasteiger partial charge >= 0.3 is 5.92 Å². The van der Waals surface area contributed by atoms with Crippen LogP contribution in [0.1, 0.15) is 32.4 Å². The number of carbonyl (C=O) groups excluding carboxylic acids is 1. The number of hydrogen-bond acceptors (Lipinski definition) is 2. The molecule has 0 aliphatic rings. The van der Waals surface area contributed by atoms with Crippen molar-refractivity contribution in [3.8, 4) is 0 Å². The Morgan fingerprint density at radius 3 is 2.00 bits per heavy atom. The van der Waals surface area contributed by atoms with Gasteiger partial charge in [0.2, 0.25) is 0 Å². The first-order chi connectivity index (χ1) is 8.92. The van der Waals surface area contributed by atoms with Crippen LogP contribution in [0.2, 0.25) is 18.1 Å². The Morgan fingerprint density at radius 1 is 1.15 bits per heavy atom. The minimum atomic E-state index is -3.76. The zero-order valence-electron chi connectivity index (χ0n) is 12.6. The number of aliphatic hydroxyl groups excluding tert-OH is 1. The lowest BCUT2D eigenvalue weighted by Crippen LogP contribution is -2.56. The van der Waals surface area contributed by atoms with Crippen LogP contribution >= 0.6 is 0 Å². The van der Waals surface area contributed by atoms with E-state index in [1.54, 1.807) is 52.1 Å². The fourth-order valence-electron chi connectivity index (χ4n) is 1.73. The lowest BCUT2D eigenvalue weighted by atomic mass is 10.0. The van der Waals surface area contributed by atoms with Crippen molar-refractivity contribution in [2.45, 2.75) is 50.9 Å². The highest BCUT2D eigenvalue weighted by Crippen LogP contribution is 2.43. The summed E-state index contributed by atoms with van der Waals surface area (Å²) < 4.78 is 28.7. The van der Waals surface area contributed by atoms with E-state index in [1.165, 1.54) is 12.1 Å². The van der Waals surface area contributed by atoms with E-state index < -0.39 is 30.5 Å². The van der Waals surface area contributed by atoms with Crippen molar-refractivity contribution < 1.29 is 18.7 Å². The van der Waals surface area contributed by atoms with Crippen molar-refractivity contribution in [1.29, 1.82) is 0 Å². The SMILES string of the molecule is CC(C)(C)[Si](C)(C)C(=O)C(F)(F)C(O)c1ccccc1. The third-order valence-corrected chi connectivity index (χ3v) is 9.42. The van der Waals surface area contributed by atoms with Crippen LogP contribution in [-0.4, -0.2) is 24.5 Å². The molecule has 112 valence electrons. The summed E-state index contributed by atoms with van der Waals surface area (Å²) in [4.78, 5) is 12.3. The molecule has 0 heterocycles. The van der Waals surface area contributed by atoms with Crippen LogP contribution < -0.4 is 0 Å². The van der Waals surface area contributed by atoms with Gasteiger partial charge in [0, 0.05) is 0 Å². The number of aliphatic hydroxyl groups is 1. The number of hydrogen-bond donors (Lipinski definition) is 1. The number of alkyl halides is 2. The largest absolute Gasteiger partial charge is 0.382 e. The molecule has 0 radical (unpaired) electrons. The van der Waals surface area contributed by atoms with Gasteiger partial charge in [0.1, 0.15) is 14.2 Å². The van der Waals surface area contributed by atoms with E-state index in [4.69, 9.17) is 0 Å². The van der Waals surface area contributed by atoms with Crippen molar-refractivity contribution in [3.63, 3.8) is 0 Å². The van der Waals surface area contributed by atoms with Gasteiger partial charge in [-0.05, 0) is 10.6 Å². The zero-order valence-corrected chi connectivity index (χ0v) is 13.6. The Kier molecular flexibility index (Phi) is 4.56. The second kappa shape index (κ2) is 5.37. The van der Waals surface area contributed by atoms with Crippen molar-refractivity contribution in [2.75, 3.05) is 0 Å². The summed E-state index contributed by atoms with van der Waals surface area (Å²) in [5.41, 5.74) is 0.0598. The average molecular weight is 300 g/mol. The van der Waals surface area contributed by atoms with E-state index in [1.807, 2.05) is 0 Å². The molecular weight excluding hydrogens is 278 g/mol. The minimum Gasteiger partial charge on any atom is -0.382 e. The molecule has 0 saturated carbocycles. The summed E-state index contributed by atoms with van der Waals surface area (Å²) >= 11 is 0. The van der Waals surface area contributed by atoms with Gasteiger partial charge in [0.15, 0.2) is 5.41 Å². The second-order valence-electron chi connectivity index (χ2n) is 6.64. The van der Waals surface area contributed by atoms with Crippen LogP contribution in [0.15, 0.2) is 30.3 Å². The molecule has 1 unspecified atom stereocenters. The minimum absolute atomic E-state index is 0.0598. The van der Waals surface area contributed by atoms with Crippen LogP contribution in [0.5, 0.6) is 0 Å². The van der Waals surface area contributed by atoms with Crippen molar-refractivity contribution in [3.05, 3.63) is 35.9 Å². The van der Waals surface area contributed by atoms with Crippen molar-refractivity contribution >= 4 is 13.5 Å². The molecule has 0 aliphatic heterocycles. The molecule has 0 fully saturated rings. The highest BCUT2D eigenvalue weighted by molar-refractivity contribution is 7.07. The van der Waals surface area contributed by atoms with Gasteiger partial charge in [-0.25, -0.2) is 0 Å². The van der Waals surface area contributed by atoms with E-state index in [0.29, 0.717) is 0 Å². The van der Waals surface area contributed by atoms with Gasteiger partial charge in [-0.2, -0.15) is 8.78 Å². The molecule has 1 aromatic carbocycles. The molecule has 0 spiro atoms. The summed E-state index contributed by atoms with van der Waals surface area (Å²) in [6, 6.07) is 7.59. The quantitative estimate of drug-likeness (QED) is 0.854. The molecule has 0 bridgehead atoms. The van der Waals surface area contributed by atoms with E-state index in [9.17, 15) is 18.7 Å². The average Bonchev–Trinajstić information content (AvgIpc) is 2.36. The number of benzene rings is 1. The van der Waals surface area contributed by atoms with Gasteiger partial charge < -0.3 is 5.11 Å². The summed E-state index contributed by atoms with van der Waals surface area (Å²) in [5, 5.41) is 8.30. The highest BCUT2D eigenvalue weighted by Gasteiger charge is 2.57. The molecule has 2 nitrogen and oxygen atoms in total. The smallest absolute Gasteiger partial charge is 0.330 e. The maximum Gasteiger partial charge on any atom is 0.330 e. The maximum absolute atomic E-state index is 14.4. The van der Waals surface area contributed by atoms with E-state index in [0.717, 1.165) is 0 Å². The molecular formula is C15H22F2O2Si. The summed E-state index contributed by atoms with van der Waals surface area (Å²) in [6.45, 7) is 8.63. The van der Waals surface area contributed by atoms with Gasteiger partial charge in [0.25, 0.3) is 0 Å². The molecule has 1 atom stereocenters. The fraction of sp³-hybridized carbons (Fsp3) is 0.533. The highest BCUT2D eigenvalue weighted by atomic mass is 28.3. The topological polar surface area (TPSA) is 37.3 Å². The third kappa shape index (κ3) is 2.98. The van der Waals surface area contributed by atoms with E-state index >= 15 is 0 Å². The standard InChI is InChI=1S/C15H22F2O2Si/c1-14(2,3)20(4,5)13(19)15(16,17)12(18)11-9-7-6-8-10-11/h6-10,12,18H,1-5H3. The first kappa shape index (κ1) is 17.0. The number of rotatable bonds is 4. The van der Waals surface area contributed by atoms with Crippen LogP contribution in [-0.2, 0) is 4.79 Å². The molecule has 1 rings (SSSR count). The Labute approximate surface area is 119 Å². The lowest BCUT2D eigenvalue weighted by Gasteiger charge is -2.38. The van der Waals surface area contributed by atoms with Crippen LogP contribution in [0.4, 0.5) is 8.78 Å². The van der Waals surface area contributed by atoms with Crippen LogP contribution in [0.25, 0.3) is 0 Å². The van der Waals surface area contributed by atoms with Gasteiger partial charge in [-0.1, -0.05) is 64.2 Å². The summed E-state index contributed by atoms with van der Waals surface area (Å²) in [6.07, 6.45) is -2.09. The van der Waals surface area contributed by atoms with Crippen molar-refractivity contribution in [1.82, 2.24) is 0 Å². The molecule has 20 heavy (non-hydrogen) atoms. The predicted octanol–water partition coefficient (Wildman–Crippen LogP) is 3.97. The Bertz CT molecular complexity index is 478. The predicted molar refractivity (Wildman–Crippen MR) is 78.6 cm³/mol. The molecule has 5 heteroatoms. The summed E-state index contributed by atoms with van der Waals surface area (Å²) in [5.74, 6) is -3.76. The Morgan fingerprint density at radius 2 is 1.60 bits per heavy atom. The monoisotopic (exact) mass is 300 g/mol. The molecule has 0 amide bonds. The number of carbonyl (C=O) groups is 1. The third-order valence-electron chi connectivity index (χ3n) is 4.20. The van der Waals surface area contributed by atoms with Crippen molar-refractivity contribution in [2.24, 2.45) is 0 Å². The van der Waals surface area contributed by atoms with Gasteiger partial charge in [0.05, 0.1) is 0 Å². The first-order valence-electron chi connectivity index (χ1n) is 6.58. The lowest BCUT2D eigenvalue weighted by molar-refractivity contribution is -0.154. The zero-order chi connectivity index (χ0) is 15.8. The first-order valence-corrected chi connectivity index (χ1v) is 9.58. The second-order valence-corrected chi connectivity index (χ2v) is 11.8. The maximum atomic E-state index is 14.4. The molecule has 1 aromatic rings. The molecule has 0 aliphatic carbocycles. The fourth-order valence-corrected chi connectivity index (χ4v) is 3.38. The number of halogens is 2. The van der Waals surface area contributed by atoms with Crippen LogP contribution in [0.3, 0.4) is 0 Å². The Balaban J connectivity index is 3.14. The van der Waals surface area contributed by atoms with E-state index in [2.05, 4.69) is 0 Å². The van der Waals surface area contributed by atoms with Gasteiger partial charge in [-0.15, -0.1) is 0 Å². The van der Waals surface area contributed by atoms with Crippen LogP contribution in [0, 0.1) is 0 Å². The molecule has 1 N–H and O–H groups in total. The van der Waals surface area contributed by atoms with E-state index in [-0.39, 0.29) is 5.56 Å². The van der Waals surface area contributed by atoms with Gasteiger partial charge in [-0.3, -0.25) is 4.79 Å². The molecule has 0 aromatic heterocycles. The summed E-state index contributed by atoms with van der Waals surface area (Å²) in [7, 11) is -2.89. The normalized spacial score (nSPS) is 15.0. The molecule has 0 saturated heterocycles. The Hall–Kier alpha value is -1.07.